The monoisotopic (exact) mass is 488 g/mol. The number of hydrogen-bond acceptors (Lipinski definition) is 6. The summed E-state index contributed by atoms with van der Waals surface area (Å²) in [7, 11) is -3.56. The molecule has 0 saturated heterocycles. The van der Waals surface area contributed by atoms with Crippen molar-refractivity contribution in [1.29, 1.82) is 0 Å². The molecule has 6 nitrogen and oxygen atoms in total. The number of thioether (sulfide) groups is 1. The molecule has 0 amide bonds. The number of benzene rings is 2. The molecule has 0 aliphatic rings. The molecule has 0 atom stereocenters. The fourth-order valence-electron chi connectivity index (χ4n) is 3.10. The molecule has 2 aromatic carbocycles. The molecule has 4 aromatic rings. The van der Waals surface area contributed by atoms with E-state index in [9.17, 15) is 12.8 Å². The van der Waals surface area contributed by atoms with Crippen molar-refractivity contribution < 1.29 is 12.8 Å². The lowest BCUT2D eigenvalue weighted by atomic mass is 10.1. The molecule has 0 saturated carbocycles. The summed E-state index contributed by atoms with van der Waals surface area (Å²) in [6, 6.07) is 17.5. The fourth-order valence-corrected chi connectivity index (χ4v) is 6.22. The Kier molecular flexibility index (Phi) is 7.04. The zero-order chi connectivity index (χ0) is 22.6. The van der Waals surface area contributed by atoms with Crippen LogP contribution in [0.2, 0.25) is 0 Å². The molecule has 0 aliphatic heterocycles. The molecule has 0 radical (unpaired) electrons. The lowest BCUT2D eigenvalue weighted by Gasteiger charge is -2.11. The first-order valence-corrected chi connectivity index (χ1v) is 13.2. The molecule has 0 bridgehead atoms. The molecule has 0 aliphatic carbocycles. The fraction of sp³-hybridized carbons (Fsp3) is 0.182. The molecule has 2 heterocycles. The lowest BCUT2D eigenvalue weighted by molar-refractivity contribution is 0.582. The molecule has 10 heteroatoms. The van der Waals surface area contributed by atoms with Gasteiger partial charge in [0.1, 0.15) is 15.9 Å². The van der Waals surface area contributed by atoms with Crippen molar-refractivity contribution in [2.45, 2.75) is 28.5 Å². The van der Waals surface area contributed by atoms with Gasteiger partial charge >= 0.3 is 0 Å². The van der Waals surface area contributed by atoms with E-state index in [0.29, 0.717) is 23.2 Å². The highest BCUT2D eigenvalue weighted by Crippen LogP contribution is 2.27. The van der Waals surface area contributed by atoms with E-state index < -0.39 is 10.0 Å². The van der Waals surface area contributed by atoms with E-state index in [1.54, 1.807) is 29.6 Å². The number of nitrogens with one attached hydrogen (secondary N) is 1. The first-order valence-electron chi connectivity index (χ1n) is 9.85. The Morgan fingerprint density at radius 3 is 2.56 bits per heavy atom. The molecular formula is C22H21FN4O2S3. The summed E-state index contributed by atoms with van der Waals surface area (Å²) >= 11 is 2.69. The summed E-state index contributed by atoms with van der Waals surface area (Å²) < 4.78 is 43.0. The van der Waals surface area contributed by atoms with Crippen LogP contribution in [0.15, 0.2) is 75.4 Å². The van der Waals surface area contributed by atoms with Crippen LogP contribution in [0.25, 0.3) is 5.69 Å². The highest BCUT2D eigenvalue weighted by atomic mass is 32.2. The van der Waals surface area contributed by atoms with Gasteiger partial charge in [-0.2, -0.15) is 0 Å². The van der Waals surface area contributed by atoms with E-state index in [2.05, 4.69) is 34.0 Å². The third-order valence-corrected chi connectivity index (χ3v) is 8.64. The van der Waals surface area contributed by atoms with Crippen molar-refractivity contribution >= 4 is 33.1 Å². The van der Waals surface area contributed by atoms with Gasteiger partial charge < -0.3 is 0 Å². The maximum absolute atomic E-state index is 13.5. The van der Waals surface area contributed by atoms with Gasteiger partial charge in [-0.25, -0.2) is 17.5 Å². The zero-order valence-corrected chi connectivity index (χ0v) is 19.7. The third-order valence-electron chi connectivity index (χ3n) is 4.80. The molecule has 0 spiro atoms. The van der Waals surface area contributed by atoms with Crippen LogP contribution in [-0.4, -0.2) is 29.7 Å². The summed E-state index contributed by atoms with van der Waals surface area (Å²) in [6.07, 6.45) is 0.333. The second kappa shape index (κ2) is 9.95. The Bertz CT molecular complexity index is 1290. The van der Waals surface area contributed by atoms with Crippen LogP contribution < -0.4 is 4.72 Å². The molecule has 166 valence electrons. The van der Waals surface area contributed by atoms with Crippen molar-refractivity contribution in [2.24, 2.45) is 0 Å². The second-order valence-corrected chi connectivity index (χ2v) is 10.9. The highest BCUT2D eigenvalue weighted by Gasteiger charge is 2.18. The summed E-state index contributed by atoms with van der Waals surface area (Å²) in [5.74, 6) is 0.968. The van der Waals surface area contributed by atoms with Crippen molar-refractivity contribution in [2.75, 3.05) is 6.54 Å². The minimum atomic E-state index is -3.56. The molecule has 32 heavy (non-hydrogen) atoms. The standard InChI is InChI=1S/C22H21FN4O2S3/c1-16-5-2-3-6-17(16)15-31-22-26-25-20(27(22)19-10-8-18(23)9-11-19)12-13-24-32(28,29)21-7-4-14-30-21/h2-11,14,24H,12-13,15H2,1H3. The molecule has 0 fully saturated rings. The Hall–Kier alpha value is -2.53. The van der Waals surface area contributed by atoms with Crippen LogP contribution in [0.5, 0.6) is 0 Å². The smallest absolute Gasteiger partial charge is 0.250 e. The predicted molar refractivity (Wildman–Crippen MR) is 125 cm³/mol. The average molecular weight is 489 g/mol. The summed E-state index contributed by atoms with van der Waals surface area (Å²) in [6.45, 7) is 2.23. The highest BCUT2D eigenvalue weighted by molar-refractivity contribution is 7.98. The van der Waals surface area contributed by atoms with Crippen LogP contribution in [0.1, 0.15) is 17.0 Å². The molecule has 1 N–H and O–H groups in total. The number of rotatable bonds is 9. The van der Waals surface area contributed by atoms with E-state index in [0.717, 1.165) is 17.0 Å². The Morgan fingerprint density at radius 2 is 1.84 bits per heavy atom. The number of nitrogens with zero attached hydrogens (tertiary/aromatic N) is 3. The largest absolute Gasteiger partial charge is 0.274 e. The number of hydrogen-bond donors (Lipinski definition) is 1. The molecular weight excluding hydrogens is 467 g/mol. The lowest BCUT2D eigenvalue weighted by Crippen LogP contribution is -2.26. The van der Waals surface area contributed by atoms with Crippen molar-refractivity contribution in [3.63, 3.8) is 0 Å². The summed E-state index contributed by atoms with van der Waals surface area (Å²) in [5, 5.41) is 11.0. The topological polar surface area (TPSA) is 76.9 Å². The van der Waals surface area contributed by atoms with Gasteiger partial charge in [-0.05, 0) is 53.8 Å². The molecule has 2 aromatic heterocycles. The van der Waals surface area contributed by atoms with Gasteiger partial charge in [-0.15, -0.1) is 21.5 Å². The van der Waals surface area contributed by atoms with Crippen molar-refractivity contribution in [1.82, 2.24) is 19.5 Å². The van der Waals surface area contributed by atoms with Gasteiger partial charge in [-0.3, -0.25) is 4.57 Å². The van der Waals surface area contributed by atoms with Crippen molar-refractivity contribution in [3.05, 3.63) is 88.8 Å². The average Bonchev–Trinajstić information content (AvgIpc) is 3.45. The van der Waals surface area contributed by atoms with E-state index in [1.807, 2.05) is 16.7 Å². The van der Waals surface area contributed by atoms with Gasteiger partial charge in [0.2, 0.25) is 10.0 Å². The Balaban J connectivity index is 1.55. The van der Waals surface area contributed by atoms with Crippen LogP contribution in [0, 0.1) is 12.7 Å². The van der Waals surface area contributed by atoms with Crippen molar-refractivity contribution in [3.8, 4) is 5.69 Å². The number of sulfonamides is 1. The van der Waals surface area contributed by atoms with Gasteiger partial charge in [0.25, 0.3) is 0 Å². The van der Waals surface area contributed by atoms with E-state index >= 15 is 0 Å². The third kappa shape index (κ3) is 5.26. The molecule has 4 rings (SSSR count). The minimum absolute atomic E-state index is 0.169. The normalized spacial score (nSPS) is 11.7. The first kappa shape index (κ1) is 22.7. The first-order chi connectivity index (χ1) is 15.4. The SMILES string of the molecule is Cc1ccccc1CSc1nnc(CCNS(=O)(=O)c2cccs2)n1-c1ccc(F)cc1. The zero-order valence-electron chi connectivity index (χ0n) is 17.2. The van der Waals surface area contributed by atoms with Gasteiger partial charge in [-0.1, -0.05) is 42.1 Å². The number of aromatic nitrogens is 3. The number of thiophene rings is 1. The van der Waals surface area contributed by atoms with Gasteiger partial charge in [0.05, 0.1) is 0 Å². The second-order valence-electron chi connectivity index (χ2n) is 7.01. The van der Waals surface area contributed by atoms with Gasteiger partial charge in [0.15, 0.2) is 5.16 Å². The Morgan fingerprint density at radius 1 is 1.06 bits per heavy atom. The maximum atomic E-state index is 13.5. The Labute approximate surface area is 194 Å². The van der Waals surface area contributed by atoms with E-state index in [1.165, 1.54) is 35.0 Å². The van der Waals surface area contributed by atoms with Crippen LogP contribution in [0.3, 0.4) is 0 Å². The number of aryl methyl sites for hydroxylation is 1. The van der Waals surface area contributed by atoms with Crippen LogP contribution in [-0.2, 0) is 22.2 Å². The quantitative estimate of drug-likeness (QED) is 0.349. The minimum Gasteiger partial charge on any atom is -0.274 e. The summed E-state index contributed by atoms with van der Waals surface area (Å²) in [4.78, 5) is 0. The maximum Gasteiger partial charge on any atom is 0.250 e. The molecule has 0 unspecified atom stereocenters. The number of halogens is 1. The van der Waals surface area contributed by atoms with E-state index in [4.69, 9.17) is 0 Å². The van der Waals surface area contributed by atoms with E-state index in [-0.39, 0.29) is 16.6 Å². The van der Waals surface area contributed by atoms with Gasteiger partial charge in [0, 0.05) is 24.4 Å². The summed E-state index contributed by atoms with van der Waals surface area (Å²) in [5.41, 5.74) is 3.10. The predicted octanol–water partition coefficient (Wildman–Crippen LogP) is 4.59. The van der Waals surface area contributed by atoms with Crippen LogP contribution in [0.4, 0.5) is 4.39 Å². The van der Waals surface area contributed by atoms with Crippen LogP contribution >= 0.6 is 23.1 Å².